The number of rotatable bonds is 7. The van der Waals surface area contributed by atoms with Gasteiger partial charge >= 0.3 is 115 Å². The summed E-state index contributed by atoms with van der Waals surface area (Å²) in [6.07, 6.45) is 7.30. The fourth-order valence-electron chi connectivity index (χ4n) is 4.24. The Hall–Kier alpha value is 0.0800. The van der Waals surface area contributed by atoms with E-state index in [-0.39, 0.29) is 0 Å². The molecule has 0 nitrogen and oxygen atoms in total. The van der Waals surface area contributed by atoms with Gasteiger partial charge in [0.15, 0.2) is 0 Å². The molecule has 0 aromatic heterocycles. The Morgan fingerprint density at radius 3 is 1.44 bits per heavy atom. The second kappa shape index (κ2) is 7.02. The zero-order chi connectivity index (χ0) is 13.6. The van der Waals surface area contributed by atoms with Crippen LogP contribution in [-0.2, 0) is 0 Å². The number of hydrogen-bond acceptors (Lipinski definition) is 0. The van der Waals surface area contributed by atoms with Crippen LogP contribution in [0.1, 0.15) is 34.6 Å². The first kappa shape index (κ1) is 16.1. The van der Waals surface area contributed by atoms with Gasteiger partial charge in [-0.2, -0.15) is 0 Å². The Balaban J connectivity index is 3.38. The topological polar surface area (TPSA) is 0 Å². The number of benzene rings is 1. The first-order chi connectivity index (χ1) is 8.66. The van der Waals surface area contributed by atoms with E-state index < -0.39 is 13.9 Å². The van der Waals surface area contributed by atoms with E-state index in [9.17, 15) is 0 Å². The van der Waals surface area contributed by atoms with Crippen molar-refractivity contribution in [3.05, 3.63) is 30.3 Å². The summed E-state index contributed by atoms with van der Waals surface area (Å²) < 4.78 is 0. The molecule has 0 saturated heterocycles. The number of hydrogen-bond donors (Lipinski definition) is 0. The van der Waals surface area contributed by atoms with Crippen LogP contribution in [0.15, 0.2) is 30.3 Å². The Labute approximate surface area is 115 Å². The van der Waals surface area contributed by atoms with Gasteiger partial charge in [-0.15, -0.1) is 0 Å². The van der Waals surface area contributed by atoms with Gasteiger partial charge in [-0.3, -0.25) is 0 Å². The Morgan fingerprint density at radius 2 is 1.11 bits per heavy atom. The summed E-state index contributed by atoms with van der Waals surface area (Å²) >= 11 is 0. The molecular formula is C16H32P2. The van der Waals surface area contributed by atoms with Crippen molar-refractivity contribution in [2.45, 2.75) is 34.6 Å². The summed E-state index contributed by atoms with van der Waals surface area (Å²) in [5.74, 6) is 0. The molecule has 2 heteroatoms. The summed E-state index contributed by atoms with van der Waals surface area (Å²) in [5, 5.41) is 1.74. The quantitative estimate of drug-likeness (QED) is 0.630. The van der Waals surface area contributed by atoms with Gasteiger partial charge in [0.1, 0.15) is 0 Å². The van der Waals surface area contributed by atoms with Gasteiger partial charge < -0.3 is 0 Å². The van der Waals surface area contributed by atoms with Crippen molar-refractivity contribution in [3.63, 3.8) is 0 Å². The van der Waals surface area contributed by atoms with Crippen molar-refractivity contribution in [2.75, 3.05) is 30.8 Å². The molecule has 1 aromatic rings. The molecule has 0 aliphatic heterocycles. The van der Waals surface area contributed by atoms with E-state index in [4.69, 9.17) is 0 Å². The van der Waals surface area contributed by atoms with E-state index in [0.717, 1.165) is 0 Å². The first-order valence-corrected chi connectivity index (χ1v) is 13.7. The summed E-state index contributed by atoms with van der Waals surface area (Å²) in [6, 6.07) is 11.5. The first-order valence-electron chi connectivity index (χ1n) is 7.71. The van der Waals surface area contributed by atoms with Crippen molar-refractivity contribution in [1.82, 2.24) is 0 Å². The molecule has 0 saturated carbocycles. The van der Waals surface area contributed by atoms with E-state index in [1.54, 1.807) is 5.30 Å². The van der Waals surface area contributed by atoms with Gasteiger partial charge in [-0.05, 0) is 0 Å². The van der Waals surface area contributed by atoms with E-state index in [1.807, 2.05) is 0 Å². The van der Waals surface area contributed by atoms with Crippen molar-refractivity contribution in [3.8, 4) is 0 Å². The Bertz CT molecular complexity index is 329. The van der Waals surface area contributed by atoms with Crippen LogP contribution in [0, 0.1) is 0 Å². The van der Waals surface area contributed by atoms with Gasteiger partial charge in [-0.25, -0.2) is 0 Å². The summed E-state index contributed by atoms with van der Waals surface area (Å²) in [7, 11) is 0. The summed E-state index contributed by atoms with van der Waals surface area (Å²) in [6.45, 7) is 9.97. The average molecular weight is 286 g/mol. The zero-order valence-corrected chi connectivity index (χ0v) is 14.9. The van der Waals surface area contributed by atoms with Gasteiger partial charge in [0, 0.05) is 0 Å². The van der Waals surface area contributed by atoms with Crippen LogP contribution in [0.3, 0.4) is 0 Å². The molecule has 0 radical (unpaired) electrons. The molecule has 106 valence electrons. The molecule has 0 aliphatic carbocycles. The van der Waals surface area contributed by atoms with E-state index in [2.05, 4.69) is 65.0 Å². The van der Waals surface area contributed by atoms with E-state index in [0.29, 0.717) is 0 Å². The SMILES string of the molecule is CC[PH](CC)(CC)[PH](CC)(CC)c1ccccc1. The monoisotopic (exact) mass is 286 g/mol. The zero-order valence-electron chi connectivity index (χ0n) is 12.9. The second-order valence-electron chi connectivity index (χ2n) is 5.50. The van der Waals surface area contributed by atoms with Crippen LogP contribution in [0.5, 0.6) is 0 Å². The predicted octanol–water partition coefficient (Wildman–Crippen LogP) is 4.83. The Morgan fingerprint density at radius 1 is 0.667 bits per heavy atom. The minimum atomic E-state index is -1.26. The third kappa shape index (κ3) is 2.52. The standard InChI is InChI=1S/C16H32P2/c1-6-17(7-2,8-3)18(9-4,10-5)16-14-12-11-13-15-16/h11-15,17-18H,6-10H2,1-5H3. The molecular weight excluding hydrogens is 254 g/mol. The second-order valence-corrected chi connectivity index (χ2v) is 20.4. The molecule has 0 amide bonds. The maximum absolute atomic E-state index is 2.47. The van der Waals surface area contributed by atoms with Crippen molar-refractivity contribution in [2.24, 2.45) is 0 Å². The normalized spacial score (nSPS) is 14.5. The Kier molecular flexibility index (Phi) is 6.29. The molecule has 18 heavy (non-hydrogen) atoms. The molecule has 0 heterocycles. The molecule has 0 unspecified atom stereocenters. The molecule has 1 rings (SSSR count). The van der Waals surface area contributed by atoms with Crippen LogP contribution >= 0.6 is 13.9 Å². The minimum absolute atomic E-state index is 1.10. The molecule has 0 fully saturated rings. The summed E-state index contributed by atoms with van der Waals surface area (Å²) in [5.41, 5.74) is 0. The predicted molar refractivity (Wildman–Crippen MR) is 95.4 cm³/mol. The van der Waals surface area contributed by atoms with Crippen LogP contribution in [0.4, 0.5) is 0 Å². The van der Waals surface area contributed by atoms with Crippen molar-refractivity contribution in [1.29, 1.82) is 0 Å². The van der Waals surface area contributed by atoms with Crippen LogP contribution < -0.4 is 5.30 Å². The van der Waals surface area contributed by atoms with Crippen LogP contribution in [0.25, 0.3) is 0 Å². The average Bonchev–Trinajstić information content (AvgIpc) is 2.46. The molecule has 0 aliphatic rings. The molecule has 0 bridgehead atoms. The molecule has 0 spiro atoms. The van der Waals surface area contributed by atoms with Crippen molar-refractivity contribution < 1.29 is 0 Å². The van der Waals surface area contributed by atoms with E-state index >= 15 is 0 Å². The molecule has 0 atom stereocenters. The van der Waals surface area contributed by atoms with Crippen molar-refractivity contribution >= 4 is 19.2 Å². The third-order valence-electron chi connectivity index (χ3n) is 5.58. The van der Waals surface area contributed by atoms with Gasteiger partial charge in [0.05, 0.1) is 0 Å². The maximum atomic E-state index is 2.47. The fourth-order valence-corrected chi connectivity index (χ4v) is 25.0. The third-order valence-corrected chi connectivity index (χ3v) is 27.8. The fraction of sp³-hybridized carbons (Fsp3) is 0.625. The van der Waals surface area contributed by atoms with Crippen LogP contribution in [-0.4, -0.2) is 30.8 Å². The van der Waals surface area contributed by atoms with Gasteiger partial charge in [0.25, 0.3) is 0 Å². The van der Waals surface area contributed by atoms with E-state index in [1.165, 1.54) is 30.8 Å². The molecule has 0 N–H and O–H groups in total. The van der Waals surface area contributed by atoms with Gasteiger partial charge in [0.2, 0.25) is 0 Å². The van der Waals surface area contributed by atoms with Gasteiger partial charge in [-0.1, -0.05) is 0 Å². The molecule has 1 aromatic carbocycles. The summed E-state index contributed by atoms with van der Waals surface area (Å²) in [4.78, 5) is 0. The van der Waals surface area contributed by atoms with Crippen LogP contribution in [0.2, 0.25) is 0 Å².